The summed E-state index contributed by atoms with van der Waals surface area (Å²) in [5.41, 5.74) is 1.48. The Bertz CT molecular complexity index is 962. The van der Waals surface area contributed by atoms with E-state index in [2.05, 4.69) is 10.3 Å². The Morgan fingerprint density at radius 3 is 2.79 bits per heavy atom. The summed E-state index contributed by atoms with van der Waals surface area (Å²) < 4.78 is 24.2. The number of benzene rings is 2. The second-order valence-electron chi connectivity index (χ2n) is 5.68. The van der Waals surface area contributed by atoms with Gasteiger partial charge >= 0.3 is 0 Å². The molecule has 5 nitrogen and oxygen atoms in total. The van der Waals surface area contributed by atoms with Gasteiger partial charge in [-0.2, -0.15) is 0 Å². The first-order valence-electron chi connectivity index (χ1n) is 8.46. The summed E-state index contributed by atoms with van der Waals surface area (Å²) in [4.78, 5) is 17.2. The van der Waals surface area contributed by atoms with E-state index in [1.165, 1.54) is 29.2 Å². The molecule has 1 heterocycles. The van der Waals surface area contributed by atoms with Crippen LogP contribution in [-0.4, -0.2) is 30.9 Å². The van der Waals surface area contributed by atoms with Crippen LogP contribution < -0.4 is 14.8 Å². The monoisotopic (exact) mass is 418 g/mol. The zero-order valence-corrected chi connectivity index (χ0v) is 17.0. The van der Waals surface area contributed by atoms with Gasteiger partial charge in [0.2, 0.25) is 5.91 Å². The van der Waals surface area contributed by atoms with Crippen LogP contribution in [0.3, 0.4) is 0 Å². The molecule has 0 saturated heterocycles. The van der Waals surface area contributed by atoms with Crippen LogP contribution >= 0.6 is 23.1 Å². The van der Waals surface area contributed by atoms with Crippen LogP contribution in [0.4, 0.5) is 9.52 Å². The lowest BCUT2D eigenvalue weighted by Gasteiger charge is -2.08. The number of carbonyl (C=O) groups is 1. The van der Waals surface area contributed by atoms with E-state index in [1.54, 1.807) is 32.4 Å². The second-order valence-corrected chi connectivity index (χ2v) is 7.68. The largest absolute Gasteiger partial charge is 0.497 e. The van der Waals surface area contributed by atoms with Gasteiger partial charge in [0.25, 0.3) is 0 Å². The molecule has 1 amide bonds. The Hall–Kier alpha value is -2.58. The third-order valence-electron chi connectivity index (χ3n) is 3.86. The number of amides is 1. The first-order chi connectivity index (χ1) is 13.6. The molecule has 3 aromatic rings. The van der Waals surface area contributed by atoms with Crippen LogP contribution in [0.5, 0.6) is 11.5 Å². The summed E-state index contributed by atoms with van der Waals surface area (Å²) >= 11 is 2.65. The minimum Gasteiger partial charge on any atom is -0.497 e. The number of nitrogens with one attached hydrogen (secondary N) is 1. The number of methoxy groups -OCH3 is 2. The summed E-state index contributed by atoms with van der Waals surface area (Å²) in [5, 5.41) is 5.14. The van der Waals surface area contributed by atoms with Crippen LogP contribution in [0.15, 0.2) is 52.7 Å². The van der Waals surface area contributed by atoms with E-state index in [0.29, 0.717) is 33.0 Å². The average Bonchev–Trinajstić information content (AvgIpc) is 3.17. The van der Waals surface area contributed by atoms with E-state index < -0.39 is 0 Å². The lowest BCUT2D eigenvalue weighted by molar-refractivity contribution is -0.115. The highest BCUT2D eigenvalue weighted by Crippen LogP contribution is 2.35. The molecular formula is C20H19FN2O3S2. The summed E-state index contributed by atoms with van der Waals surface area (Å²) in [6, 6.07) is 12.0. The van der Waals surface area contributed by atoms with Crippen molar-refractivity contribution in [1.29, 1.82) is 0 Å². The van der Waals surface area contributed by atoms with Gasteiger partial charge in [-0.25, -0.2) is 9.37 Å². The van der Waals surface area contributed by atoms with Crippen molar-refractivity contribution < 1.29 is 18.7 Å². The molecular weight excluding hydrogens is 399 g/mol. The van der Waals surface area contributed by atoms with E-state index in [0.717, 1.165) is 5.56 Å². The Morgan fingerprint density at radius 1 is 1.21 bits per heavy atom. The van der Waals surface area contributed by atoms with Crippen LogP contribution in [0.1, 0.15) is 6.42 Å². The molecule has 8 heteroatoms. The molecule has 0 aliphatic rings. The molecule has 3 rings (SSSR count). The van der Waals surface area contributed by atoms with Gasteiger partial charge in [0.1, 0.15) is 17.3 Å². The van der Waals surface area contributed by atoms with Gasteiger partial charge < -0.3 is 14.8 Å². The van der Waals surface area contributed by atoms with Crippen molar-refractivity contribution in [1.82, 2.24) is 4.98 Å². The number of rotatable bonds is 8. The lowest BCUT2D eigenvalue weighted by atomic mass is 10.1. The molecule has 0 spiro atoms. The quantitative estimate of drug-likeness (QED) is 0.517. The molecule has 2 aromatic carbocycles. The van der Waals surface area contributed by atoms with Crippen LogP contribution in [0.2, 0.25) is 0 Å². The Labute approximate surface area is 170 Å². The fourth-order valence-electron chi connectivity index (χ4n) is 2.47. The zero-order chi connectivity index (χ0) is 19.9. The highest BCUT2D eigenvalue weighted by Gasteiger charge is 2.13. The van der Waals surface area contributed by atoms with Crippen LogP contribution in [0.25, 0.3) is 11.3 Å². The molecule has 0 aliphatic heterocycles. The van der Waals surface area contributed by atoms with Crippen molar-refractivity contribution in [2.45, 2.75) is 11.3 Å². The van der Waals surface area contributed by atoms with Crippen molar-refractivity contribution in [2.75, 3.05) is 25.3 Å². The van der Waals surface area contributed by atoms with E-state index in [-0.39, 0.29) is 18.1 Å². The van der Waals surface area contributed by atoms with E-state index in [9.17, 15) is 9.18 Å². The molecule has 0 saturated carbocycles. The van der Waals surface area contributed by atoms with E-state index in [1.807, 2.05) is 23.6 Å². The minimum absolute atomic E-state index is 0.164. The molecule has 0 atom stereocenters. The number of nitrogens with zero attached hydrogens (tertiary/aromatic N) is 1. The van der Waals surface area contributed by atoms with Crippen LogP contribution in [-0.2, 0) is 4.79 Å². The number of thioether (sulfide) groups is 1. The van der Waals surface area contributed by atoms with Crippen LogP contribution in [0, 0.1) is 5.82 Å². The predicted molar refractivity (Wildman–Crippen MR) is 111 cm³/mol. The topological polar surface area (TPSA) is 60.5 Å². The molecule has 1 N–H and O–H groups in total. The van der Waals surface area contributed by atoms with Gasteiger partial charge in [-0.15, -0.1) is 23.1 Å². The molecule has 1 aromatic heterocycles. The third kappa shape index (κ3) is 5.02. The van der Waals surface area contributed by atoms with Crippen molar-refractivity contribution in [3.63, 3.8) is 0 Å². The highest BCUT2D eigenvalue weighted by molar-refractivity contribution is 7.99. The molecule has 0 aliphatic carbocycles. The maximum absolute atomic E-state index is 13.6. The van der Waals surface area contributed by atoms with Crippen molar-refractivity contribution in [2.24, 2.45) is 0 Å². The number of halogens is 1. The standard InChI is InChI=1S/C20H19FN2O3S2/c1-25-13-7-8-17(26-2)14(11-13)16-12-28-20(22-16)23-19(24)9-10-27-18-6-4-3-5-15(18)21/h3-8,11-12H,9-10H2,1-2H3,(H,22,23,24). The normalized spacial score (nSPS) is 10.5. The van der Waals surface area contributed by atoms with Gasteiger partial charge in [0, 0.05) is 28.0 Å². The molecule has 0 bridgehead atoms. The van der Waals surface area contributed by atoms with E-state index in [4.69, 9.17) is 9.47 Å². The lowest BCUT2D eigenvalue weighted by Crippen LogP contribution is -2.12. The summed E-state index contributed by atoms with van der Waals surface area (Å²) in [6.07, 6.45) is 0.260. The number of thiazole rings is 1. The second kappa shape index (κ2) is 9.57. The fraction of sp³-hybridized carbons (Fsp3) is 0.200. The maximum Gasteiger partial charge on any atom is 0.226 e. The number of hydrogen-bond acceptors (Lipinski definition) is 6. The SMILES string of the molecule is COc1ccc(OC)c(-c2csc(NC(=O)CCSc3ccccc3F)n2)c1. The Morgan fingerprint density at radius 2 is 2.04 bits per heavy atom. The molecule has 0 radical (unpaired) electrons. The smallest absolute Gasteiger partial charge is 0.226 e. The third-order valence-corrected chi connectivity index (χ3v) is 5.66. The zero-order valence-electron chi connectivity index (χ0n) is 15.4. The average molecular weight is 419 g/mol. The summed E-state index contributed by atoms with van der Waals surface area (Å²) in [5.74, 6) is 1.41. The van der Waals surface area contributed by atoms with Gasteiger partial charge in [-0.05, 0) is 30.3 Å². The number of hydrogen-bond donors (Lipinski definition) is 1. The Balaban J connectivity index is 1.60. The van der Waals surface area contributed by atoms with Gasteiger partial charge in [-0.3, -0.25) is 4.79 Å². The molecule has 0 fully saturated rings. The minimum atomic E-state index is -0.273. The van der Waals surface area contributed by atoms with Gasteiger partial charge in [0.15, 0.2) is 5.13 Å². The molecule has 0 unspecified atom stereocenters. The van der Waals surface area contributed by atoms with Crippen molar-refractivity contribution >= 4 is 34.1 Å². The predicted octanol–water partition coefficient (Wildman–Crippen LogP) is 5.09. The van der Waals surface area contributed by atoms with Gasteiger partial charge in [-0.1, -0.05) is 12.1 Å². The van der Waals surface area contributed by atoms with Gasteiger partial charge in [0.05, 0.1) is 19.9 Å². The van der Waals surface area contributed by atoms with Crippen molar-refractivity contribution in [3.05, 3.63) is 53.7 Å². The molecule has 146 valence electrons. The molecule has 28 heavy (non-hydrogen) atoms. The van der Waals surface area contributed by atoms with Crippen molar-refractivity contribution in [3.8, 4) is 22.8 Å². The van der Waals surface area contributed by atoms with E-state index >= 15 is 0 Å². The number of carbonyl (C=O) groups excluding carboxylic acids is 1. The maximum atomic E-state index is 13.6. The summed E-state index contributed by atoms with van der Waals surface area (Å²) in [6.45, 7) is 0. The first kappa shape index (κ1) is 20.2. The Kier molecular flexibility index (Phi) is 6.89. The number of aromatic nitrogens is 1. The fourth-order valence-corrected chi connectivity index (χ4v) is 4.08. The number of ether oxygens (including phenoxy) is 2. The highest BCUT2D eigenvalue weighted by atomic mass is 32.2. The number of anilines is 1. The summed E-state index contributed by atoms with van der Waals surface area (Å²) in [7, 11) is 3.19. The first-order valence-corrected chi connectivity index (χ1v) is 10.3.